The maximum absolute atomic E-state index is 12.3. The van der Waals surface area contributed by atoms with Crippen molar-refractivity contribution in [3.05, 3.63) is 64.4 Å². The molecule has 2 aromatic carbocycles. The van der Waals surface area contributed by atoms with Crippen LogP contribution < -0.4 is 10.6 Å². The van der Waals surface area contributed by atoms with Crippen molar-refractivity contribution in [2.45, 2.75) is 25.0 Å². The molecule has 0 aliphatic heterocycles. The maximum Gasteiger partial charge on any atom is 0.234 e. The zero-order chi connectivity index (χ0) is 21.5. The van der Waals surface area contributed by atoms with E-state index < -0.39 is 0 Å². The van der Waals surface area contributed by atoms with Gasteiger partial charge in [0.2, 0.25) is 11.8 Å². The largest absolute Gasteiger partial charge is 0.326 e. The van der Waals surface area contributed by atoms with Crippen molar-refractivity contribution in [2.75, 3.05) is 16.4 Å². The van der Waals surface area contributed by atoms with Crippen LogP contribution in [0.1, 0.15) is 12.7 Å². The lowest BCUT2D eigenvalue weighted by Gasteiger charge is -2.09. The van der Waals surface area contributed by atoms with Crippen molar-refractivity contribution in [1.29, 1.82) is 0 Å². The number of hydrogen-bond donors (Lipinski definition) is 2. The first-order valence-corrected chi connectivity index (χ1v) is 10.8. The van der Waals surface area contributed by atoms with E-state index >= 15 is 0 Å². The molecule has 0 atom stereocenters. The van der Waals surface area contributed by atoms with Gasteiger partial charge in [-0.15, -0.1) is 10.2 Å². The van der Waals surface area contributed by atoms with Crippen molar-refractivity contribution in [3.63, 3.8) is 0 Å². The van der Waals surface area contributed by atoms with Crippen molar-refractivity contribution in [2.24, 2.45) is 0 Å². The van der Waals surface area contributed by atoms with Crippen LogP contribution in [-0.4, -0.2) is 32.3 Å². The van der Waals surface area contributed by atoms with Gasteiger partial charge in [0.25, 0.3) is 0 Å². The Morgan fingerprint density at radius 2 is 1.70 bits per heavy atom. The van der Waals surface area contributed by atoms with Gasteiger partial charge in [0.1, 0.15) is 5.82 Å². The summed E-state index contributed by atoms with van der Waals surface area (Å²) < 4.78 is 1.82. The average molecular weight is 464 g/mol. The minimum atomic E-state index is -0.215. The fourth-order valence-electron chi connectivity index (χ4n) is 2.65. The molecule has 0 saturated heterocycles. The number of carbonyl (C=O) groups is 2. The second-order valence-electron chi connectivity index (χ2n) is 6.20. The smallest absolute Gasteiger partial charge is 0.234 e. The highest BCUT2D eigenvalue weighted by atomic mass is 35.5. The third-order valence-corrected chi connectivity index (χ3v) is 5.73. The number of hydrogen-bond acceptors (Lipinski definition) is 5. The van der Waals surface area contributed by atoms with Gasteiger partial charge in [-0.3, -0.25) is 9.59 Å². The van der Waals surface area contributed by atoms with E-state index in [-0.39, 0.29) is 24.0 Å². The number of anilines is 2. The molecule has 3 aromatic rings. The summed E-state index contributed by atoms with van der Waals surface area (Å²) in [7, 11) is 0. The molecule has 0 aliphatic rings. The van der Waals surface area contributed by atoms with Crippen LogP contribution in [0.4, 0.5) is 11.4 Å². The number of benzene rings is 2. The number of carbonyl (C=O) groups excluding carboxylic acids is 2. The number of para-hydroxylation sites is 1. The Hall–Kier alpha value is -2.55. The molecular weight excluding hydrogens is 445 g/mol. The topological polar surface area (TPSA) is 88.9 Å². The van der Waals surface area contributed by atoms with Gasteiger partial charge < -0.3 is 15.2 Å². The summed E-state index contributed by atoms with van der Waals surface area (Å²) in [6, 6.07) is 14.1. The van der Waals surface area contributed by atoms with Crippen LogP contribution in [-0.2, 0) is 22.6 Å². The first kappa shape index (κ1) is 22.1. The van der Waals surface area contributed by atoms with Gasteiger partial charge in [-0.25, -0.2) is 0 Å². The molecule has 0 spiro atoms. The average Bonchev–Trinajstić information content (AvgIpc) is 3.11. The lowest BCUT2D eigenvalue weighted by molar-refractivity contribution is -0.116. The monoisotopic (exact) mass is 463 g/mol. The van der Waals surface area contributed by atoms with Gasteiger partial charge in [0, 0.05) is 17.9 Å². The predicted octanol–water partition coefficient (Wildman–Crippen LogP) is 4.52. The van der Waals surface area contributed by atoms with Gasteiger partial charge in [0.15, 0.2) is 5.16 Å². The van der Waals surface area contributed by atoms with Crippen molar-refractivity contribution >= 4 is 58.2 Å². The molecular formula is C20H19Cl2N5O2S. The van der Waals surface area contributed by atoms with Crippen LogP contribution in [0, 0.1) is 0 Å². The summed E-state index contributed by atoms with van der Waals surface area (Å²) in [5.41, 5.74) is 1.28. The van der Waals surface area contributed by atoms with Crippen LogP contribution in [0.25, 0.3) is 0 Å². The van der Waals surface area contributed by atoms with E-state index in [1.54, 1.807) is 18.2 Å². The predicted molar refractivity (Wildman–Crippen MR) is 120 cm³/mol. The molecule has 1 heterocycles. The number of rotatable bonds is 8. The van der Waals surface area contributed by atoms with E-state index in [4.69, 9.17) is 23.2 Å². The third kappa shape index (κ3) is 5.98. The number of nitrogens with one attached hydrogen (secondary N) is 2. The van der Waals surface area contributed by atoms with Crippen molar-refractivity contribution in [1.82, 2.24) is 14.8 Å². The van der Waals surface area contributed by atoms with E-state index in [9.17, 15) is 9.59 Å². The van der Waals surface area contributed by atoms with E-state index in [0.29, 0.717) is 33.3 Å². The van der Waals surface area contributed by atoms with Gasteiger partial charge in [-0.1, -0.05) is 53.2 Å². The lowest BCUT2D eigenvalue weighted by Crippen LogP contribution is -2.18. The quantitative estimate of drug-likeness (QED) is 0.479. The highest BCUT2D eigenvalue weighted by molar-refractivity contribution is 7.99. The first-order valence-electron chi connectivity index (χ1n) is 9.11. The molecule has 2 amide bonds. The molecule has 2 N–H and O–H groups in total. The zero-order valence-electron chi connectivity index (χ0n) is 16.1. The summed E-state index contributed by atoms with van der Waals surface area (Å²) in [5, 5.41) is 15.2. The molecule has 7 nitrogen and oxygen atoms in total. The molecule has 0 bridgehead atoms. The standard InChI is InChI=1S/C20H19Cl2N5O2S/c1-2-27-17(11-18(28)23-13-6-4-3-5-7-13)25-26-20(27)30-12-19(29)24-14-8-9-15(21)16(22)10-14/h3-10H,2,11-12H2,1H3,(H,23,28)(H,24,29). The van der Waals surface area contributed by atoms with Crippen LogP contribution in [0.5, 0.6) is 0 Å². The molecule has 0 unspecified atom stereocenters. The SMILES string of the molecule is CCn1c(CC(=O)Nc2ccccc2)nnc1SCC(=O)Nc1ccc(Cl)c(Cl)c1. The van der Waals surface area contributed by atoms with Gasteiger partial charge in [0.05, 0.1) is 22.2 Å². The van der Waals surface area contributed by atoms with Crippen LogP contribution in [0.15, 0.2) is 53.7 Å². The molecule has 0 fully saturated rings. The van der Waals surface area contributed by atoms with E-state index in [1.165, 1.54) is 11.8 Å². The van der Waals surface area contributed by atoms with Gasteiger partial charge >= 0.3 is 0 Å². The van der Waals surface area contributed by atoms with Crippen LogP contribution in [0.2, 0.25) is 10.0 Å². The second kappa shape index (κ2) is 10.5. The molecule has 156 valence electrons. The first-order chi connectivity index (χ1) is 14.5. The maximum atomic E-state index is 12.3. The Morgan fingerprint density at radius 1 is 0.967 bits per heavy atom. The third-order valence-electron chi connectivity index (χ3n) is 4.02. The molecule has 10 heteroatoms. The highest BCUT2D eigenvalue weighted by Crippen LogP contribution is 2.25. The molecule has 0 radical (unpaired) electrons. The summed E-state index contributed by atoms with van der Waals surface area (Å²) in [6.45, 7) is 2.51. The minimum absolute atomic E-state index is 0.0891. The Bertz CT molecular complexity index is 1040. The molecule has 30 heavy (non-hydrogen) atoms. The van der Waals surface area contributed by atoms with Crippen molar-refractivity contribution in [3.8, 4) is 0 Å². The molecule has 0 aliphatic carbocycles. The number of thioether (sulfide) groups is 1. The Balaban J connectivity index is 1.57. The second-order valence-corrected chi connectivity index (χ2v) is 7.96. The number of nitrogens with zero attached hydrogens (tertiary/aromatic N) is 3. The van der Waals surface area contributed by atoms with E-state index in [1.807, 2.05) is 41.8 Å². The Morgan fingerprint density at radius 3 is 2.40 bits per heavy atom. The highest BCUT2D eigenvalue weighted by Gasteiger charge is 2.16. The molecule has 3 rings (SSSR count). The van der Waals surface area contributed by atoms with Gasteiger partial charge in [-0.2, -0.15) is 0 Å². The number of halogens is 2. The number of amides is 2. The number of aromatic nitrogens is 3. The minimum Gasteiger partial charge on any atom is -0.326 e. The molecule has 1 aromatic heterocycles. The summed E-state index contributed by atoms with van der Waals surface area (Å²) in [4.78, 5) is 24.5. The Labute approximate surface area is 188 Å². The summed E-state index contributed by atoms with van der Waals surface area (Å²) in [6.07, 6.45) is 0.0891. The van der Waals surface area contributed by atoms with Gasteiger partial charge in [-0.05, 0) is 37.3 Å². The fourth-order valence-corrected chi connectivity index (χ4v) is 3.76. The van der Waals surface area contributed by atoms with E-state index in [2.05, 4.69) is 20.8 Å². The van der Waals surface area contributed by atoms with Crippen molar-refractivity contribution < 1.29 is 9.59 Å². The zero-order valence-corrected chi connectivity index (χ0v) is 18.4. The van der Waals surface area contributed by atoms with Crippen LogP contribution in [0.3, 0.4) is 0 Å². The Kier molecular flexibility index (Phi) is 7.73. The fraction of sp³-hybridized carbons (Fsp3) is 0.200. The summed E-state index contributed by atoms with van der Waals surface area (Å²) >= 11 is 13.1. The lowest BCUT2D eigenvalue weighted by atomic mass is 10.3. The summed E-state index contributed by atoms with van der Waals surface area (Å²) in [5.74, 6) is 0.275. The molecule has 0 saturated carbocycles. The van der Waals surface area contributed by atoms with E-state index in [0.717, 1.165) is 5.69 Å². The normalized spacial score (nSPS) is 10.6. The van der Waals surface area contributed by atoms with Crippen LogP contribution >= 0.6 is 35.0 Å².